The van der Waals surface area contributed by atoms with Crippen LogP contribution in [0.15, 0.2) is 48.6 Å². The summed E-state index contributed by atoms with van der Waals surface area (Å²) in [6.45, 7) is 2.24. The Kier molecular flexibility index (Phi) is 38.6. The maximum absolute atomic E-state index is 12.6. The Morgan fingerprint density at radius 2 is 1.00 bits per heavy atom. The zero-order chi connectivity index (χ0) is 40.5. The smallest absolute Gasteiger partial charge is 0.462 e. The van der Waals surface area contributed by atoms with Crippen LogP contribution < -0.4 is 0 Å². The van der Waals surface area contributed by atoms with Gasteiger partial charge in [0.05, 0.1) is 19.8 Å². The second-order valence-corrected chi connectivity index (χ2v) is 15.8. The molecule has 0 rings (SSSR count). The number of hydrogen-bond acceptors (Lipinski definition) is 9. The molecule has 0 aliphatic heterocycles. The summed E-state index contributed by atoms with van der Waals surface area (Å²) in [6, 6.07) is 0. The van der Waals surface area contributed by atoms with Crippen molar-refractivity contribution in [3.05, 3.63) is 48.6 Å². The molecule has 10 nitrogen and oxygen atoms in total. The SMILES string of the molecule is CC/C=C\C/C=C\C/C=C\CCCCCCCC(=O)OC(COC(=O)CCCCCCCCC/C=C\CCCCCCCC)COP(=O)(O)OCC(O)CO. The van der Waals surface area contributed by atoms with E-state index in [1.165, 1.54) is 64.2 Å². The molecule has 0 bridgehead atoms. The summed E-state index contributed by atoms with van der Waals surface area (Å²) in [5.41, 5.74) is 0. The first kappa shape index (κ1) is 52.9. The van der Waals surface area contributed by atoms with Crippen LogP contribution in [0.4, 0.5) is 0 Å². The fourth-order valence-corrected chi connectivity index (χ4v) is 6.44. The predicted octanol–water partition coefficient (Wildman–Crippen LogP) is 11.3. The third-order valence-corrected chi connectivity index (χ3v) is 9.92. The Morgan fingerprint density at radius 1 is 0.564 bits per heavy atom. The Balaban J connectivity index is 4.32. The number of esters is 2. The van der Waals surface area contributed by atoms with Crippen LogP contribution in [0.1, 0.15) is 181 Å². The number of aliphatic hydroxyl groups is 2. The zero-order valence-electron chi connectivity index (χ0n) is 34.6. The molecule has 3 unspecified atom stereocenters. The van der Waals surface area contributed by atoms with Crippen molar-refractivity contribution in [2.24, 2.45) is 0 Å². The highest BCUT2D eigenvalue weighted by atomic mass is 31.2. The molecule has 0 aromatic heterocycles. The average molecular weight is 799 g/mol. The highest BCUT2D eigenvalue weighted by molar-refractivity contribution is 7.47. The zero-order valence-corrected chi connectivity index (χ0v) is 35.5. The summed E-state index contributed by atoms with van der Waals surface area (Å²) in [6.07, 6.45) is 42.2. The van der Waals surface area contributed by atoms with Gasteiger partial charge in [0, 0.05) is 12.8 Å². The minimum atomic E-state index is -4.62. The lowest BCUT2D eigenvalue weighted by Crippen LogP contribution is -2.29. The molecule has 0 fully saturated rings. The predicted molar refractivity (Wildman–Crippen MR) is 224 cm³/mol. The number of allylic oxidation sites excluding steroid dienone is 8. The summed E-state index contributed by atoms with van der Waals surface area (Å²) >= 11 is 0. The van der Waals surface area contributed by atoms with Gasteiger partial charge >= 0.3 is 19.8 Å². The second kappa shape index (κ2) is 40.1. The number of hydrogen-bond donors (Lipinski definition) is 3. The van der Waals surface area contributed by atoms with Gasteiger partial charge in [0.1, 0.15) is 12.7 Å². The lowest BCUT2D eigenvalue weighted by molar-refractivity contribution is -0.161. The van der Waals surface area contributed by atoms with Gasteiger partial charge in [0.25, 0.3) is 0 Å². The third kappa shape index (κ3) is 39.9. The first-order valence-corrected chi connectivity index (χ1v) is 23.1. The van der Waals surface area contributed by atoms with Gasteiger partial charge in [0.15, 0.2) is 6.10 Å². The average Bonchev–Trinajstić information content (AvgIpc) is 3.17. The van der Waals surface area contributed by atoms with Gasteiger partial charge in [-0.05, 0) is 70.6 Å². The molecule has 0 aliphatic carbocycles. The van der Waals surface area contributed by atoms with Crippen molar-refractivity contribution in [1.29, 1.82) is 0 Å². The van der Waals surface area contributed by atoms with E-state index in [0.717, 1.165) is 77.0 Å². The van der Waals surface area contributed by atoms with Crippen molar-refractivity contribution in [1.82, 2.24) is 0 Å². The number of unbranched alkanes of at least 4 members (excludes halogenated alkanes) is 18. The van der Waals surface area contributed by atoms with Crippen LogP contribution in [-0.4, -0.2) is 65.7 Å². The topological polar surface area (TPSA) is 149 Å². The number of phosphoric ester groups is 1. The molecule has 0 aliphatic rings. The van der Waals surface area contributed by atoms with Crippen molar-refractivity contribution >= 4 is 19.8 Å². The molecule has 0 spiro atoms. The molecule has 0 aromatic rings. The van der Waals surface area contributed by atoms with Crippen LogP contribution in [0, 0.1) is 0 Å². The summed E-state index contributed by atoms with van der Waals surface area (Å²) in [5.74, 6) is -0.950. The second-order valence-electron chi connectivity index (χ2n) is 14.3. The van der Waals surface area contributed by atoms with Gasteiger partial charge < -0.3 is 24.6 Å². The molecule has 0 radical (unpaired) electrons. The molecular formula is C44H79O10P. The first-order valence-electron chi connectivity index (χ1n) is 21.6. The number of phosphoric acid groups is 1. The van der Waals surface area contributed by atoms with E-state index >= 15 is 0 Å². The van der Waals surface area contributed by atoms with E-state index in [9.17, 15) is 24.2 Å². The van der Waals surface area contributed by atoms with Crippen molar-refractivity contribution in [2.45, 2.75) is 193 Å². The summed E-state index contributed by atoms with van der Waals surface area (Å²) in [4.78, 5) is 35.0. The van der Waals surface area contributed by atoms with E-state index in [1.54, 1.807) is 0 Å². The summed E-state index contributed by atoms with van der Waals surface area (Å²) < 4.78 is 32.7. The van der Waals surface area contributed by atoms with E-state index in [0.29, 0.717) is 12.8 Å². The number of carbonyl (C=O) groups excluding carboxylic acids is 2. The standard InChI is InChI=1S/C44H79O10P/c1-3-5-7-9-11-13-15-17-19-20-22-23-25-27-29-31-33-35-43(47)51-39-42(40-53-55(49,50)52-38-41(46)37-45)54-44(48)36-34-32-30-28-26-24-21-18-16-14-12-10-8-6-4-2/h6,8,12,14,17-19,21,41-42,45-46H,3-5,7,9-11,13,15-16,20,22-40H2,1-2H3,(H,49,50)/b8-6-,14-12-,19-17-,21-18-. The van der Waals surface area contributed by atoms with E-state index in [2.05, 4.69) is 67.0 Å². The van der Waals surface area contributed by atoms with Gasteiger partial charge in [-0.2, -0.15) is 0 Å². The molecule has 320 valence electrons. The van der Waals surface area contributed by atoms with Crippen LogP contribution in [0.5, 0.6) is 0 Å². The van der Waals surface area contributed by atoms with Crippen molar-refractivity contribution < 1.29 is 47.8 Å². The van der Waals surface area contributed by atoms with Gasteiger partial charge in [-0.15, -0.1) is 0 Å². The number of rotatable bonds is 40. The van der Waals surface area contributed by atoms with Crippen LogP contribution in [0.3, 0.4) is 0 Å². The van der Waals surface area contributed by atoms with E-state index in [-0.39, 0.29) is 19.4 Å². The molecule has 11 heteroatoms. The molecule has 0 saturated carbocycles. The molecule has 3 atom stereocenters. The Hall–Kier alpha value is -2.07. The van der Waals surface area contributed by atoms with E-state index in [4.69, 9.17) is 19.1 Å². The fraction of sp³-hybridized carbons (Fsp3) is 0.773. The molecule has 0 heterocycles. The van der Waals surface area contributed by atoms with Gasteiger partial charge in [-0.3, -0.25) is 18.6 Å². The fourth-order valence-electron chi connectivity index (χ4n) is 5.65. The van der Waals surface area contributed by atoms with Crippen molar-refractivity contribution in [3.8, 4) is 0 Å². The quantitative estimate of drug-likeness (QED) is 0.0237. The Bertz CT molecular complexity index is 1060. The number of aliphatic hydroxyl groups excluding tert-OH is 2. The summed E-state index contributed by atoms with van der Waals surface area (Å²) in [7, 11) is -4.62. The molecular weight excluding hydrogens is 719 g/mol. The maximum atomic E-state index is 12.6. The highest BCUT2D eigenvalue weighted by Crippen LogP contribution is 2.43. The molecule has 0 amide bonds. The Labute approximate surface area is 334 Å². The van der Waals surface area contributed by atoms with Crippen LogP contribution in [0.2, 0.25) is 0 Å². The van der Waals surface area contributed by atoms with E-state index < -0.39 is 51.8 Å². The Morgan fingerprint density at radius 3 is 1.53 bits per heavy atom. The minimum Gasteiger partial charge on any atom is -0.462 e. The van der Waals surface area contributed by atoms with Crippen LogP contribution in [0.25, 0.3) is 0 Å². The van der Waals surface area contributed by atoms with Crippen LogP contribution >= 0.6 is 7.82 Å². The third-order valence-electron chi connectivity index (χ3n) is 8.97. The van der Waals surface area contributed by atoms with E-state index in [1.807, 2.05) is 0 Å². The van der Waals surface area contributed by atoms with Crippen LogP contribution in [-0.2, 0) is 32.7 Å². The highest BCUT2D eigenvalue weighted by Gasteiger charge is 2.27. The van der Waals surface area contributed by atoms with Crippen molar-refractivity contribution in [3.63, 3.8) is 0 Å². The number of ether oxygens (including phenoxy) is 2. The van der Waals surface area contributed by atoms with Gasteiger partial charge in [0.2, 0.25) is 0 Å². The minimum absolute atomic E-state index is 0.163. The monoisotopic (exact) mass is 799 g/mol. The normalized spacial score (nSPS) is 14.3. The lowest BCUT2D eigenvalue weighted by Gasteiger charge is -2.20. The summed E-state index contributed by atoms with van der Waals surface area (Å²) in [5, 5.41) is 18.3. The van der Waals surface area contributed by atoms with Crippen molar-refractivity contribution in [2.75, 3.05) is 26.4 Å². The van der Waals surface area contributed by atoms with Gasteiger partial charge in [-0.1, -0.05) is 146 Å². The maximum Gasteiger partial charge on any atom is 0.472 e. The molecule has 0 aromatic carbocycles. The lowest BCUT2D eigenvalue weighted by atomic mass is 10.1. The van der Waals surface area contributed by atoms with Gasteiger partial charge in [-0.25, -0.2) is 4.57 Å². The number of carbonyl (C=O) groups is 2. The largest absolute Gasteiger partial charge is 0.472 e. The molecule has 3 N–H and O–H groups in total. The molecule has 0 saturated heterocycles. The molecule has 55 heavy (non-hydrogen) atoms. The first-order chi connectivity index (χ1) is 26.7.